The highest BCUT2D eigenvalue weighted by Gasteiger charge is 1.92. The minimum absolute atomic E-state index is 0.914. The van der Waals surface area contributed by atoms with Crippen LogP contribution in [0.15, 0.2) is 47.6 Å². The van der Waals surface area contributed by atoms with Crippen LogP contribution in [0, 0.1) is 0 Å². The fraction of sp³-hybridized carbons (Fsp3) is 0.500. The van der Waals surface area contributed by atoms with E-state index in [4.69, 9.17) is 0 Å². The van der Waals surface area contributed by atoms with Gasteiger partial charge in [0.2, 0.25) is 0 Å². The lowest BCUT2D eigenvalue weighted by Crippen LogP contribution is -1.82. The van der Waals surface area contributed by atoms with Gasteiger partial charge in [-0.25, -0.2) is 0 Å². The van der Waals surface area contributed by atoms with E-state index in [1.165, 1.54) is 23.1 Å². The van der Waals surface area contributed by atoms with Gasteiger partial charge in [-0.05, 0) is 46.5 Å². The second-order valence-electron chi connectivity index (χ2n) is 4.55. The summed E-state index contributed by atoms with van der Waals surface area (Å²) in [4.78, 5) is 0. The lowest BCUT2D eigenvalue weighted by Gasteiger charge is -2.01. The molecule has 0 saturated heterocycles. The van der Waals surface area contributed by atoms with Gasteiger partial charge in [-0.1, -0.05) is 63.5 Å². The summed E-state index contributed by atoms with van der Waals surface area (Å²) in [6, 6.07) is 0. The first-order valence-electron chi connectivity index (χ1n) is 6.26. The third kappa shape index (κ3) is 10.3. The Bertz CT molecular complexity index is 301. The van der Waals surface area contributed by atoms with Crippen molar-refractivity contribution in [2.45, 2.75) is 46.5 Å². The van der Waals surface area contributed by atoms with Gasteiger partial charge in [-0.2, -0.15) is 0 Å². The Kier molecular flexibility index (Phi) is 10.2. The molecule has 0 saturated carbocycles. The van der Waals surface area contributed by atoms with E-state index in [1.807, 2.05) is 6.08 Å². The monoisotopic (exact) mass is 296 g/mol. The number of halogens is 1. The van der Waals surface area contributed by atoms with Gasteiger partial charge in [0.05, 0.1) is 0 Å². The average molecular weight is 297 g/mol. The van der Waals surface area contributed by atoms with Crippen molar-refractivity contribution >= 4 is 15.9 Å². The van der Waals surface area contributed by atoms with E-state index in [0.29, 0.717) is 0 Å². The maximum absolute atomic E-state index is 3.83. The molecule has 0 bridgehead atoms. The van der Waals surface area contributed by atoms with Crippen LogP contribution in [-0.2, 0) is 0 Å². The Hall–Kier alpha value is -0.560. The molecule has 0 rings (SSSR count). The van der Waals surface area contributed by atoms with Gasteiger partial charge in [0.15, 0.2) is 0 Å². The first-order chi connectivity index (χ1) is 8.10. The molecule has 0 aromatic heterocycles. The van der Waals surface area contributed by atoms with E-state index >= 15 is 0 Å². The molecule has 0 amide bonds. The van der Waals surface area contributed by atoms with E-state index in [1.54, 1.807) is 0 Å². The number of hydrogen-bond acceptors (Lipinski definition) is 0. The van der Waals surface area contributed by atoms with E-state index in [2.05, 4.69) is 61.5 Å². The minimum atomic E-state index is 0.914. The van der Waals surface area contributed by atoms with Crippen molar-refractivity contribution in [1.82, 2.24) is 0 Å². The average Bonchev–Trinajstić information content (AvgIpc) is 2.27. The van der Waals surface area contributed by atoms with Gasteiger partial charge in [0.25, 0.3) is 0 Å². The third-order valence-corrected chi connectivity index (χ3v) is 2.94. The maximum atomic E-state index is 3.83. The van der Waals surface area contributed by atoms with Crippen LogP contribution in [-0.4, -0.2) is 5.33 Å². The summed E-state index contributed by atoms with van der Waals surface area (Å²) in [5, 5.41) is 0.914. The minimum Gasteiger partial charge on any atom is -0.0988 e. The van der Waals surface area contributed by atoms with Crippen molar-refractivity contribution in [3.8, 4) is 0 Å². The Labute approximate surface area is 115 Å². The molecule has 0 aliphatic carbocycles. The fourth-order valence-electron chi connectivity index (χ4n) is 1.56. The van der Waals surface area contributed by atoms with Crippen molar-refractivity contribution in [2.75, 3.05) is 5.33 Å². The maximum Gasteiger partial charge on any atom is 0.0217 e. The van der Waals surface area contributed by atoms with E-state index in [-0.39, 0.29) is 0 Å². The zero-order chi connectivity index (χ0) is 13.1. The predicted octanol–water partition coefficient (Wildman–Crippen LogP) is 5.97. The number of rotatable bonds is 8. The molecule has 96 valence electrons. The molecule has 0 aromatic rings. The first kappa shape index (κ1) is 16.4. The van der Waals surface area contributed by atoms with Crippen molar-refractivity contribution < 1.29 is 0 Å². The highest BCUT2D eigenvalue weighted by Crippen LogP contribution is 2.12. The quantitative estimate of drug-likeness (QED) is 0.294. The van der Waals surface area contributed by atoms with Crippen LogP contribution in [0.25, 0.3) is 0 Å². The second-order valence-corrected chi connectivity index (χ2v) is 5.19. The van der Waals surface area contributed by atoms with Gasteiger partial charge < -0.3 is 0 Å². The van der Waals surface area contributed by atoms with Gasteiger partial charge in [0, 0.05) is 5.33 Å². The first-order valence-corrected chi connectivity index (χ1v) is 7.38. The van der Waals surface area contributed by atoms with E-state index < -0.39 is 0 Å². The highest BCUT2D eigenvalue weighted by atomic mass is 79.9. The van der Waals surface area contributed by atoms with Crippen molar-refractivity contribution in [2.24, 2.45) is 0 Å². The molecule has 0 unspecified atom stereocenters. The zero-order valence-corrected chi connectivity index (χ0v) is 13.0. The van der Waals surface area contributed by atoms with Gasteiger partial charge in [0.1, 0.15) is 0 Å². The lowest BCUT2D eigenvalue weighted by atomic mass is 10.1. The normalized spacial score (nSPS) is 12.5. The molecule has 0 N–H and O–H groups in total. The summed E-state index contributed by atoms with van der Waals surface area (Å²) in [7, 11) is 0. The Balaban J connectivity index is 3.95. The van der Waals surface area contributed by atoms with Crippen molar-refractivity contribution in [3.05, 3.63) is 47.6 Å². The van der Waals surface area contributed by atoms with Crippen molar-refractivity contribution in [1.29, 1.82) is 0 Å². The molecule has 0 nitrogen and oxygen atoms in total. The molecular weight excluding hydrogens is 272 g/mol. The Morgan fingerprint density at radius 1 is 1.00 bits per heavy atom. The SMILES string of the molecule is C=C/C(=C\CBr)CC/C=C(\C)CCC=C(C)C. The molecule has 0 atom stereocenters. The molecule has 0 spiro atoms. The van der Waals surface area contributed by atoms with Gasteiger partial charge >= 0.3 is 0 Å². The Morgan fingerprint density at radius 2 is 1.65 bits per heavy atom. The molecule has 0 fully saturated rings. The predicted molar refractivity (Wildman–Crippen MR) is 83.7 cm³/mol. The van der Waals surface area contributed by atoms with E-state index in [0.717, 1.165) is 24.6 Å². The summed E-state index contributed by atoms with van der Waals surface area (Å²) in [6.07, 6.45) is 13.3. The lowest BCUT2D eigenvalue weighted by molar-refractivity contribution is 0.927. The van der Waals surface area contributed by atoms with Crippen LogP contribution in [0.3, 0.4) is 0 Å². The van der Waals surface area contributed by atoms with Gasteiger partial charge in [-0.3, -0.25) is 0 Å². The van der Waals surface area contributed by atoms with Crippen molar-refractivity contribution in [3.63, 3.8) is 0 Å². The molecule has 0 heterocycles. The van der Waals surface area contributed by atoms with Crippen LogP contribution in [0.1, 0.15) is 46.5 Å². The topological polar surface area (TPSA) is 0 Å². The number of hydrogen-bond donors (Lipinski definition) is 0. The summed E-state index contributed by atoms with van der Waals surface area (Å²) in [6.45, 7) is 10.4. The third-order valence-electron chi connectivity index (χ3n) is 2.62. The molecular formula is C16H25Br. The van der Waals surface area contributed by atoms with Gasteiger partial charge in [-0.15, -0.1) is 0 Å². The molecule has 17 heavy (non-hydrogen) atoms. The molecule has 0 aliphatic heterocycles. The van der Waals surface area contributed by atoms with E-state index in [9.17, 15) is 0 Å². The summed E-state index contributed by atoms with van der Waals surface area (Å²) in [5.74, 6) is 0. The summed E-state index contributed by atoms with van der Waals surface area (Å²) >= 11 is 3.41. The smallest absolute Gasteiger partial charge is 0.0217 e. The van der Waals surface area contributed by atoms with Crippen LogP contribution < -0.4 is 0 Å². The fourth-order valence-corrected chi connectivity index (χ4v) is 1.98. The summed E-state index contributed by atoms with van der Waals surface area (Å²) in [5.41, 5.74) is 4.23. The largest absolute Gasteiger partial charge is 0.0988 e. The van der Waals surface area contributed by atoms with Crippen LogP contribution >= 0.6 is 15.9 Å². The second kappa shape index (κ2) is 10.6. The van der Waals surface area contributed by atoms with Crippen LogP contribution in [0.4, 0.5) is 0 Å². The molecule has 0 aromatic carbocycles. The number of allylic oxidation sites excluding steroid dienone is 7. The summed E-state index contributed by atoms with van der Waals surface area (Å²) < 4.78 is 0. The van der Waals surface area contributed by atoms with Crippen LogP contribution in [0.2, 0.25) is 0 Å². The zero-order valence-electron chi connectivity index (χ0n) is 11.4. The molecule has 1 heteroatoms. The number of alkyl halides is 1. The Morgan fingerprint density at radius 3 is 2.18 bits per heavy atom. The highest BCUT2D eigenvalue weighted by molar-refractivity contribution is 9.09. The standard InChI is InChI=1S/C16H25Br/c1-5-16(12-13-17)11-7-10-15(4)9-6-8-14(2)3/h5,8,10,12H,1,6-7,9,11,13H2,2-4H3/b15-10+,16-12+. The molecule has 0 aliphatic rings. The molecule has 0 radical (unpaired) electrons. The van der Waals surface area contributed by atoms with Crippen LogP contribution in [0.5, 0.6) is 0 Å².